The topological polar surface area (TPSA) is 83.4 Å². The zero-order chi connectivity index (χ0) is 23.1. The lowest BCUT2D eigenvalue weighted by atomic mass is 10.1. The average molecular weight is 445 g/mol. The van der Waals surface area contributed by atoms with Gasteiger partial charge in [-0.2, -0.15) is 0 Å². The van der Waals surface area contributed by atoms with E-state index in [1.807, 2.05) is 12.1 Å². The Morgan fingerprint density at radius 3 is 2.82 bits per heavy atom. The third-order valence-corrected chi connectivity index (χ3v) is 6.61. The Kier molecular flexibility index (Phi) is 5.40. The molecule has 170 valence electrons. The fourth-order valence-electron chi connectivity index (χ4n) is 4.94. The zero-order valence-corrected chi connectivity index (χ0v) is 18.9. The highest BCUT2D eigenvalue weighted by Crippen LogP contribution is 2.31. The molecule has 2 aromatic carbocycles. The molecule has 1 atom stereocenters. The molecule has 2 aliphatic rings. The number of hydrogen-bond donors (Lipinski definition) is 2. The molecule has 0 bridgehead atoms. The highest BCUT2D eigenvalue weighted by atomic mass is 16.2. The molecule has 5 rings (SSSR count). The van der Waals surface area contributed by atoms with E-state index in [0.717, 1.165) is 12.0 Å². The molecule has 33 heavy (non-hydrogen) atoms. The van der Waals surface area contributed by atoms with Crippen LogP contribution in [-0.2, 0) is 16.0 Å². The van der Waals surface area contributed by atoms with Crippen molar-refractivity contribution >= 4 is 40.0 Å². The smallest absolute Gasteiger partial charge is 0.256 e. The summed E-state index contributed by atoms with van der Waals surface area (Å²) in [5, 5.41) is 6.96. The van der Waals surface area contributed by atoms with Gasteiger partial charge in [0.05, 0.1) is 11.3 Å². The van der Waals surface area contributed by atoms with E-state index < -0.39 is 6.04 Å². The van der Waals surface area contributed by atoms with E-state index in [-0.39, 0.29) is 17.7 Å². The van der Waals surface area contributed by atoms with Crippen LogP contribution in [-0.4, -0.2) is 39.8 Å². The minimum Gasteiger partial charge on any atom is -0.345 e. The van der Waals surface area contributed by atoms with Crippen molar-refractivity contribution in [3.8, 4) is 0 Å². The number of hydrogen-bond acceptors (Lipinski definition) is 3. The van der Waals surface area contributed by atoms with Crippen molar-refractivity contribution in [2.24, 2.45) is 0 Å². The van der Waals surface area contributed by atoms with E-state index in [0.29, 0.717) is 48.8 Å². The number of nitrogens with one attached hydrogen (secondary N) is 2. The van der Waals surface area contributed by atoms with Crippen LogP contribution in [0.2, 0.25) is 0 Å². The molecule has 7 nitrogen and oxygen atoms in total. The summed E-state index contributed by atoms with van der Waals surface area (Å²) in [6, 6.07) is 13.3. The van der Waals surface area contributed by atoms with Crippen LogP contribution in [0.4, 0.5) is 11.4 Å². The first-order valence-corrected chi connectivity index (χ1v) is 11.6. The maximum atomic E-state index is 13.0. The van der Waals surface area contributed by atoms with Gasteiger partial charge in [0.15, 0.2) is 0 Å². The molecule has 0 spiro atoms. The Morgan fingerprint density at radius 2 is 2.00 bits per heavy atom. The molecular formula is C26H28N4O3. The Bertz CT molecular complexity index is 1260. The Hall–Kier alpha value is -3.61. The molecule has 3 amide bonds. The van der Waals surface area contributed by atoms with Gasteiger partial charge in [-0.15, -0.1) is 0 Å². The van der Waals surface area contributed by atoms with Crippen molar-refractivity contribution in [1.29, 1.82) is 0 Å². The second kappa shape index (κ2) is 8.39. The van der Waals surface area contributed by atoms with Crippen molar-refractivity contribution in [3.05, 3.63) is 59.8 Å². The van der Waals surface area contributed by atoms with Gasteiger partial charge in [0, 0.05) is 41.8 Å². The molecular weight excluding hydrogens is 416 g/mol. The average Bonchev–Trinajstić information content (AvgIpc) is 3.41. The van der Waals surface area contributed by atoms with Crippen molar-refractivity contribution in [1.82, 2.24) is 9.47 Å². The first kappa shape index (κ1) is 21.2. The van der Waals surface area contributed by atoms with Crippen LogP contribution < -0.4 is 10.6 Å². The van der Waals surface area contributed by atoms with Crippen LogP contribution in [0.25, 0.3) is 10.9 Å². The standard InChI is InChI=1S/C26H28N4O3/c1-16(2)30-15-17(19-6-3-4-7-22(19)30)9-12-24(31)27-18-10-11-21-20(14-18)26(33)29-13-5-8-23(29)25(32)28-21/h3-4,6-7,10-11,14-16,23H,5,8-9,12-13H2,1-2H3,(H,27,31)(H,28,32)/t23-/m1/s1. The molecule has 3 aromatic rings. The van der Waals surface area contributed by atoms with Gasteiger partial charge in [-0.3, -0.25) is 14.4 Å². The predicted molar refractivity (Wildman–Crippen MR) is 128 cm³/mol. The van der Waals surface area contributed by atoms with Gasteiger partial charge in [0.25, 0.3) is 5.91 Å². The maximum Gasteiger partial charge on any atom is 0.256 e. The van der Waals surface area contributed by atoms with Crippen LogP contribution in [0.15, 0.2) is 48.7 Å². The van der Waals surface area contributed by atoms with Gasteiger partial charge in [0.1, 0.15) is 6.04 Å². The number of nitrogens with zero attached hydrogens (tertiary/aromatic N) is 2. The Balaban J connectivity index is 1.31. The SMILES string of the molecule is CC(C)n1cc(CCC(=O)Nc2ccc3c(c2)C(=O)N2CCC[C@@H]2C(=O)N3)c2ccccc21. The van der Waals surface area contributed by atoms with Crippen LogP contribution in [0, 0.1) is 0 Å². The fourth-order valence-corrected chi connectivity index (χ4v) is 4.94. The highest BCUT2D eigenvalue weighted by molar-refractivity contribution is 6.11. The van der Waals surface area contributed by atoms with E-state index in [1.54, 1.807) is 23.1 Å². The summed E-state index contributed by atoms with van der Waals surface area (Å²) in [6.07, 6.45) is 4.60. The second-order valence-electron chi connectivity index (χ2n) is 9.13. The van der Waals surface area contributed by atoms with Crippen LogP contribution in [0.5, 0.6) is 0 Å². The molecule has 2 aliphatic heterocycles. The number of carbonyl (C=O) groups is 3. The predicted octanol–water partition coefficient (Wildman–Crippen LogP) is 4.35. The zero-order valence-electron chi connectivity index (χ0n) is 18.9. The quantitative estimate of drug-likeness (QED) is 0.614. The second-order valence-corrected chi connectivity index (χ2v) is 9.13. The van der Waals surface area contributed by atoms with E-state index in [1.165, 1.54) is 10.9 Å². The molecule has 1 saturated heterocycles. The van der Waals surface area contributed by atoms with Gasteiger partial charge < -0.3 is 20.1 Å². The summed E-state index contributed by atoms with van der Waals surface area (Å²) in [4.78, 5) is 39.8. The van der Waals surface area contributed by atoms with Gasteiger partial charge in [0.2, 0.25) is 11.8 Å². The normalized spacial score (nSPS) is 17.7. The Labute approximate surface area is 192 Å². The maximum absolute atomic E-state index is 13.0. The van der Waals surface area contributed by atoms with E-state index >= 15 is 0 Å². The van der Waals surface area contributed by atoms with E-state index in [9.17, 15) is 14.4 Å². The summed E-state index contributed by atoms with van der Waals surface area (Å²) in [6.45, 7) is 4.88. The van der Waals surface area contributed by atoms with Crippen molar-refractivity contribution in [2.75, 3.05) is 17.2 Å². The summed E-state index contributed by atoms with van der Waals surface area (Å²) >= 11 is 0. The molecule has 2 N–H and O–H groups in total. The van der Waals surface area contributed by atoms with Crippen LogP contribution >= 0.6 is 0 Å². The minimum atomic E-state index is -0.407. The summed E-state index contributed by atoms with van der Waals surface area (Å²) < 4.78 is 2.24. The number of rotatable bonds is 5. The molecule has 0 unspecified atom stereocenters. The summed E-state index contributed by atoms with van der Waals surface area (Å²) in [5.74, 6) is -0.416. The van der Waals surface area contributed by atoms with Gasteiger partial charge in [-0.1, -0.05) is 18.2 Å². The first-order chi connectivity index (χ1) is 15.9. The third kappa shape index (κ3) is 3.88. The number of fused-ring (bicyclic) bond motifs is 3. The number of amides is 3. The molecule has 0 saturated carbocycles. The first-order valence-electron chi connectivity index (χ1n) is 11.6. The summed E-state index contributed by atoms with van der Waals surface area (Å²) in [7, 11) is 0. The lowest BCUT2D eigenvalue weighted by molar-refractivity contribution is -0.119. The molecule has 0 radical (unpaired) electrons. The van der Waals surface area contributed by atoms with E-state index in [4.69, 9.17) is 0 Å². The van der Waals surface area contributed by atoms with E-state index in [2.05, 4.69) is 47.4 Å². The van der Waals surface area contributed by atoms with Gasteiger partial charge >= 0.3 is 0 Å². The van der Waals surface area contributed by atoms with Crippen molar-refractivity contribution in [2.45, 2.75) is 51.6 Å². The minimum absolute atomic E-state index is 0.111. The molecule has 7 heteroatoms. The van der Waals surface area contributed by atoms with Crippen molar-refractivity contribution in [3.63, 3.8) is 0 Å². The number of aromatic nitrogens is 1. The number of aryl methyl sites for hydroxylation is 1. The van der Waals surface area contributed by atoms with Gasteiger partial charge in [-0.05, 0) is 62.9 Å². The molecule has 3 heterocycles. The lowest BCUT2D eigenvalue weighted by Crippen LogP contribution is -2.40. The monoisotopic (exact) mass is 444 g/mol. The number of benzene rings is 2. The molecule has 0 aliphatic carbocycles. The number of para-hydroxylation sites is 1. The summed E-state index contributed by atoms with van der Waals surface area (Å²) in [5.41, 5.74) is 3.80. The molecule has 1 aromatic heterocycles. The Morgan fingerprint density at radius 1 is 1.18 bits per heavy atom. The van der Waals surface area contributed by atoms with Crippen molar-refractivity contribution < 1.29 is 14.4 Å². The lowest BCUT2D eigenvalue weighted by Gasteiger charge is -2.20. The van der Waals surface area contributed by atoms with Gasteiger partial charge in [-0.25, -0.2) is 0 Å². The molecule has 1 fully saturated rings. The largest absolute Gasteiger partial charge is 0.345 e. The number of anilines is 2. The fraction of sp³-hybridized carbons (Fsp3) is 0.346. The van der Waals surface area contributed by atoms with Crippen LogP contribution in [0.1, 0.15) is 55.1 Å². The van der Waals surface area contributed by atoms with Crippen LogP contribution in [0.3, 0.4) is 0 Å². The number of carbonyl (C=O) groups excluding carboxylic acids is 3. The highest BCUT2D eigenvalue weighted by Gasteiger charge is 2.38. The third-order valence-electron chi connectivity index (χ3n) is 6.61.